The van der Waals surface area contributed by atoms with Crippen molar-refractivity contribution in [3.05, 3.63) is 63.9 Å². The van der Waals surface area contributed by atoms with Gasteiger partial charge in [0.25, 0.3) is 0 Å². The number of ketones is 1. The van der Waals surface area contributed by atoms with Crippen LogP contribution in [0.4, 0.5) is 0 Å². The zero-order chi connectivity index (χ0) is 11.4. The summed E-state index contributed by atoms with van der Waals surface area (Å²) in [7, 11) is 0. The lowest BCUT2D eigenvalue weighted by Crippen LogP contribution is -1.92. The van der Waals surface area contributed by atoms with Crippen LogP contribution in [-0.4, -0.2) is 5.78 Å². The summed E-state index contributed by atoms with van der Waals surface area (Å²) in [5.74, 6) is 0.0494. The predicted molar refractivity (Wildman–Crippen MR) is 68.9 cm³/mol. The minimum Gasteiger partial charge on any atom is -0.289 e. The van der Waals surface area contributed by atoms with Gasteiger partial charge in [-0.05, 0) is 36.1 Å². The van der Waals surface area contributed by atoms with Gasteiger partial charge in [0.1, 0.15) is 0 Å². The Kier molecular flexibility index (Phi) is 3.32. The van der Waals surface area contributed by atoms with Crippen LogP contribution in [0.15, 0.2) is 47.9 Å². The Morgan fingerprint density at radius 1 is 1.19 bits per heavy atom. The minimum atomic E-state index is 0.0494. The molecule has 0 aliphatic carbocycles. The van der Waals surface area contributed by atoms with E-state index < -0.39 is 0 Å². The van der Waals surface area contributed by atoms with E-state index in [2.05, 4.69) is 6.07 Å². The fraction of sp³-hybridized carbons (Fsp3) is 0.0714. The van der Waals surface area contributed by atoms with E-state index >= 15 is 0 Å². The lowest BCUT2D eigenvalue weighted by atomic mass is 10.1. The quantitative estimate of drug-likeness (QED) is 0.574. The Labute approximate surface area is 99.1 Å². The third-order valence-corrected chi connectivity index (χ3v) is 3.33. The number of allylic oxidation sites excluding steroid dienone is 1. The molecule has 0 spiro atoms. The van der Waals surface area contributed by atoms with Crippen molar-refractivity contribution in [3.63, 3.8) is 0 Å². The second kappa shape index (κ2) is 4.90. The van der Waals surface area contributed by atoms with Gasteiger partial charge in [-0.15, -0.1) is 11.3 Å². The monoisotopic (exact) mass is 228 g/mol. The molecule has 16 heavy (non-hydrogen) atoms. The van der Waals surface area contributed by atoms with Gasteiger partial charge in [-0.25, -0.2) is 0 Å². The molecular weight excluding hydrogens is 216 g/mol. The third kappa shape index (κ3) is 2.47. The molecule has 0 atom stereocenters. The number of carbonyl (C=O) groups is 1. The Hall–Kier alpha value is -1.67. The normalized spacial score (nSPS) is 10.8. The van der Waals surface area contributed by atoms with Crippen LogP contribution < -0.4 is 0 Å². The van der Waals surface area contributed by atoms with Gasteiger partial charge in [-0.2, -0.15) is 0 Å². The van der Waals surface area contributed by atoms with E-state index in [9.17, 15) is 4.79 Å². The van der Waals surface area contributed by atoms with Gasteiger partial charge in [0.2, 0.25) is 0 Å². The van der Waals surface area contributed by atoms with E-state index in [4.69, 9.17) is 0 Å². The van der Waals surface area contributed by atoms with E-state index in [0.717, 1.165) is 10.4 Å². The van der Waals surface area contributed by atoms with Gasteiger partial charge in [-0.3, -0.25) is 4.79 Å². The Morgan fingerprint density at radius 3 is 2.56 bits per heavy atom. The van der Waals surface area contributed by atoms with Crippen LogP contribution in [0.25, 0.3) is 6.08 Å². The molecule has 0 amide bonds. The maximum atomic E-state index is 11.8. The summed E-state index contributed by atoms with van der Waals surface area (Å²) >= 11 is 1.65. The molecule has 0 saturated heterocycles. The number of thiophene rings is 1. The highest BCUT2D eigenvalue weighted by atomic mass is 32.1. The van der Waals surface area contributed by atoms with Crippen LogP contribution in [0.2, 0.25) is 0 Å². The van der Waals surface area contributed by atoms with Crippen molar-refractivity contribution in [1.82, 2.24) is 0 Å². The number of benzene rings is 1. The second-order valence-electron chi connectivity index (χ2n) is 3.53. The Bertz CT molecular complexity index is 509. The van der Waals surface area contributed by atoms with Crippen molar-refractivity contribution in [1.29, 1.82) is 0 Å². The summed E-state index contributed by atoms with van der Waals surface area (Å²) in [4.78, 5) is 12.9. The molecule has 0 bridgehead atoms. The van der Waals surface area contributed by atoms with Crippen molar-refractivity contribution in [2.24, 2.45) is 0 Å². The molecule has 2 aromatic rings. The van der Waals surface area contributed by atoms with Crippen LogP contribution in [0.3, 0.4) is 0 Å². The van der Waals surface area contributed by atoms with Crippen molar-refractivity contribution >= 4 is 23.2 Å². The summed E-state index contributed by atoms with van der Waals surface area (Å²) in [6.07, 6.45) is 3.52. The molecule has 2 heteroatoms. The molecule has 2 rings (SSSR count). The first kappa shape index (κ1) is 10.8. The summed E-state index contributed by atoms with van der Waals surface area (Å²) in [6, 6.07) is 11.4. The largest absolute Gasteiger partial charge is 0.289 e. The minimum absolute atomic E-state index is 0.0494. The topological polar surface area (TPSA) is 17.1 Å². The molecule has 0 saturated carbocycles. The summed E-state index contributed by atoms with van der Waals surface area (Å²) in [5.41, 5.74) is 1.94. The molecule has 1 aromatic heterocycles. The van der Waals surface area contributed by atoms with Crippen molar-refractivity contribution in [2.75, 3.05) is 0 Å². The van der Waals surface area contributed by atoms with E-state index in [1.54, 1.807) is 17.4 Å². The molecule has 1 aromatic carbocycles. The van der Waals surface area contributed by atoms with Gasteiger partial charge < -0.3 is 0 Å². The van der Waals surface area contributed by atoms with Crippen molar-refractivity contribution < 1.29 is 4.79 Å². The number of aryl methyl sites for hydroxylation is 1. The number of rotatable bonds is 3. The zero-order valence-corrected chi connectivity index (χ0v) is 9.83. The van der Waals surface area contributed by atoms with Crippen LogP contribution in [0.1, 0.15) is 20.8 Å². The molecule has 1 nitrogen and oxygen atoms in total. The summed E-state index contributed by atoms with van der Waals surface area (Å²) < 4.78 is 0. The smallest absolute Gasteiger partial charge is 0.185 e. The zero-order valence-electron chi connectivity index (χ0n) is 9.01. The SMILES string of the molecule is Cc1ccsc1C=CC(=O)c1ccccc1. The molecule has 0 radical (unpaired) electrons. The number of carbonyl (C=O) groups excluding carboxylic acids is 1. The maximum Gasteiger partial charge on any atom is 0.185 e. The van der Waals surface area contributed by atoms with Crippen molar-refractivity contribution in [3.8, 4) is 0 Å². The first-order valence-corrected chi connectivity index (χ1v) is 5.97. The molecule has 0 fully saturated rings. The molecule has 0 N–H and O–H groups in total. The summed E-state index contributed by atoms with van der Waals surface area (Å²) in [6.45, 7) is 2.04. The molecular formula is C14H12OS. The fourth-order valence-electron chi connectivity index (χ4n) is 1.41. The van der Waals surface area contributed by atoms with E-state index in [1.165, 1.54) is 5.56 Å². The van der Waals surface area contributed by atoms with Crippen LogP contribution >= 0.6 is 11.3 Å². The summed E-state index contributed by atoms with van der Waals surface area (Å²) in [5, 5.41) is 2.03. The van der Waals surface area contributed by atoms with Crippen LogP contribution in [0.5, 0.6) is 0 Å². The predicted octanol–water partition coefficient (Wildman–Crippen LogP) is 3.95. The number of hydrogen-bond donors (Lipinski definition) is 0. The van der Waals surface area contributed by atoms with Gasteiger partial charge in [0, 0.05) is 10.4 Å². The molecule has 80 valence electrons. The Morgan fingerprint density at radius 2 is 1.94 bits per heavy atom. The molecule has 0 unspecified atom stereocenters. The highest BCUT2D eigenvalue weighted by Crippen LogP contribution is 2.17. The fourth-order valence-corrected chi connectivity index (χ4v) is 2.22. The third-order valence-electron chi connectivity index (χ3n) is 2.35. The molecule has 0 aliphatic heterocycles. The molecule has 0 aliphatic rings. The average molecular weight is 228 g/mol. The van der Waals surface area contributed by atoms with E-state index in [-0.39, 0.29) is 5.78 Å². The highest BCUT2D eigenvalue weighted by molar-refractivity contribution is 7.11. The lowest BCUT2D eigenvalue weighted by molar-refractivity contribution is 0.104. The highest BCUT2D eigenvalue weighted by Gasteiger charge is 2.00. The number of hydrogen-bond acceptors (Lipinski definition) is 2. The van der Waals surface area contributed by atoms with Gasteiger partial charge in [0.05, 0.1) is 0 Å². The second-order valence-corrected chi connectivity index (χ2v) is 4.48. The Balaban J connectivity index is 2.15. The first-order valence-electron chi connectivity index (χ1n) is 5.09. The standard InChI is InChI=1S/C14H12OS/c1-11-9-10-16-14(11)8-7-13(15)12-5-3-2-4-6-12/h2-10H,1H3. The van der Waals surface area contributed by atoms with Crippen LogP contribution in [-0.2, 0) is 0 Å². The van der Waals surface area contributed by atoms with Gasteiger partial charge in [-0.1, -0.05) is 30.3 Å². The van der Waals surface area contributed by atoms with Gasteiger partial charge >= 0.3 is 0 Å². The van der Waals surface area contributed by atoms with E-state index in [0.29, 0.717) is 0 Å². The van der Waals surface area contributed by atoms with E-state index in [1.807, 2.05) is 48.7 Å². The lowest BCUT2D eigenvalue weighted by Gasteiger charge is -1.94. The van der Waals surface area contributed by atoms with Gasteiger partial charge in [0.15, 0.2) is 5.78 Å². The van der Waals surface area contributed by atoms with Crippen molar-refractivity contribution in [2.45, 2.75) is 6.92 Å². The van der Waals surface area contributed by atoms with Crippen LogP contribution in [0, 0.1) is 6.92 Å². The maximum absolute atomic E-state index is 11.8. The molecule has 1 heterocycles. The average Bonchev–Trinajstić information content (AvgIpc) is 2.73. The first-order chi connectivity index (χ1) is 7.77.